The fourth-order valence-electron chi connectivity index (χ4n) is 3.30. The standard InChI is InChI=1S/C20H21N3O4/c1-13-21-8-7-19(22-13)26-16-4-3-9-23(12-16)20(24)18-11-14-10-15(25-2)5-6-17(14)27-18/h5-8,10-11,16H,3-4,9,12H2,1-2H3. The lowest BCUT2D eigenvalue weighted by Crippen LogP contribution is -2.44. The number of piperidine rings is 1. The van der Waals surface area contributed by atoms with Crippen molar-refractivity contribution in [1.29, 1.82) is 0 Å². The van der Waals surface area contributed by atoms with Crippen LogP contribution in [-0.2, 0) is 0 Å². The molecule has 7 heteroatoms. The lowest BCUT2D eigenvalue weighted by molar-refractivity contribution is 0.0502. The van der Waals surface area contributed by atoms with E-state index in [1.807, 2.05) is 25.1 Å². The minimum absolute atomic E-state index is 0.0959. The first-order valence-electron chi connectivity index (χ1n) is 8.95. The molecule has 2 aromatic heterocycles. The molecule has 140 valence electrons. The highest BCUT2D eigenvalue weighted by atomic mass is 16.5. The number of likely N-dealkylation sites (tertiary alicyclic amines) is 1. The summed E-state index contributed by atoms with van der Waals surface area (Å²) >= 11 is 0. The molecule has 0 bridgehead atoms. The van der Waals surface area contributed by atoms with E-state index in [9.17, 15) is 4.79 Å². The molecule has 0 N–H and O–H groups in total. The Morgan fingerprint density at radius 1 is 1.30 bits per heavy atom. The zero-order valence-corrected chi connectivity index (χ0v) is 15.3. The van der Waals surface area contributed by atoms with Crippen LogP contribution in [0.1, 0.15) is 29.2 Å². The van der Waals surface area contributed by atoms with Crippen molar-refractivity contribution in [2.75, 3.05) is 20.2 Å². The summed E-state index contributed by atoms with van der Waals surface area (Å²) < 4.78 is 16.9. The average Bonchev–Trinajstić information content (AvgIpc) is 3.10. The summed E-state index contributed by atoms with van der Waals surface area (Å²) in [7, 11) is 1.61. The maximum atomic E-state index is 12.9. The van der Waals surface area contributed by atoms with Crippen molar-refractivity contribution >= 4 is 16.9 Å². The molecule has 0 spiro atoms. The van der Waals surface area contributed by atoms with E-state index in [1.165, 1.54) is 0 Å². The molecule has 7 nitrogen and oxygen atoms in total. The number of hydrogen-bond donors (Lipinski definition) is 0. The molecule has 1 aliphatic rings. The molecule has 1 unspecified atom stereocenters. The minimum Gasteiger partial charge on any atom is -0.497 e. The van der Waals surface area contributed by atoms with Gasteiger partial charge in [0.15, 0.2) is 5.76 Å². The van der Waals surface area contributed by atoms with E-state index in [-0.39, 0.29) is 12.0 Å². The number of methoxy groups -OCH3 is 1. The van der Waals surface area contributed by atoms with Crippen molar-refractivity contribution in [3.8, 4) is 11.6 Å². The van der Waals surface area contributed by atoms with Crippen LogP contribution in [0, 0.1) is 6.92 Å². The number of furan rings is 1. The van der Waals surface area contributed by atoms with Gasteiger partial charge in [-0.1, -0.05) is 0 Å². The zero-order valence-electron chi connectivity index (χ0n) is 15.3. The molecule has 0 saturated carbocycles. The molecule has 4 rings (SSSR count). The van der Waals surface area contributed by atoms with Gasteiger partial charge in [0, 0.05) is 24.2 Å². The van der Waals surface area contributed by atoms with E-state index < -0.39 is 0 Å². The second-order valence-electron chi connectivity index (χ2n) is 6.59. The number of benzene rings is 1. The number of carbonyl (C=O) groups excluding carboxylic acids is 1. The summed E-state index contributed by atoms with van der Waals surface area (Å²) in [6, 6.07) is 8.98. The van der Waals surface area contributed by atoms with Crippen molar-refractivity contribution in [2.24, 2.45) is 0 Å². The van der Waals surface area contributed by atoms with E-state index in [4.69, 9.17) is 13.9 Å². The van der Waals surface area contributed by atoms with E-state index >= 15 is 0 Å². The summed E-state index contributed by atoms with van der Waals surface area (Å²) in [6.07, 6.45) is 3.33. The Morgan fingerprint density at radius 2 is 2.19 bits per heavy atom. The predicted octanol–water partition coefficient (Wildman–Crippen LogP) is 3.22. The molecule has 1 saturated heterocycles. The van der Waals surface area contributed by atoms with Crippen LogP contribution in [0.2, 0.25) is 0 Å². The van der Waals surface area contributed by atoms with Crippen LogP contribution in [-0.4, -0.2) is 47.1 Å². The van der Waals surface area contributed by atoms with Gasteiger partial charge >= 0.3 is 0 Å². The van der Waals surface area contributed by atoms with Crippen LogP contribution >= 0.6 is 0 Å². The topological polar surface area (TPSA) is 77.7 Å². The van der Waals surface area contributed by atoms with Gasteiger partial charge in [-0.15, -0.1) is 0 Å². The molecule has 0 aliphatic carbocycles. The maximum absolute atomic E-state index is 12.9. The van der Waals surface area contributed by atoms with Gasteiger partial charge in [-0.2, -0.15) is 4.98 Å². The van der Waals surface area contributed by atoms with Crippen molar-refractivity contribution in [3.05, 3.63) is 48.1 Å². The Hall–Kier alpha value is -3.09. The third kappa shape index (κ3) is 3.72. The second-order valence-corrected chi connectivity index (χ2v) is 6.59. The van der Waals surface area contributed by atoms with Crippen LogP contribution < -0.4 is 9.47 Å². The number of ether oxygens (including phenoxy) is 2. The van der Waals surface area contributed by atoms with Crippen molar-refractivity contribution in [2.45, 2.75) is 25.9 Å². The molecule has 0 radical (unpaired) electrons. The highest BCUT2D eigenvalue weighted by molar-refractivity contribution is 5.96. The van der Waals surface area contributed by atoms with Gasteiger partial charge < -0.3 is 18.8 Å². The second kappa shape index (κ2) is 7.26. The van der Waals surface area contributed by atoms with Crippen molar-refractivity contribution in [3.63, 3.8) is 0 Å². The van der Waals surface area contributed by atoms with Gasteiger partial charge in [-0.25, -0.2) is 4.98 Å². The molecule has 1 fully saturated rings. The van der Waals surface area contributed by atoms with Crippen LogP contribution in [0.25, 0.3) is 11.0 Å². The molecule has 1 atom stereocenters. The van der Waals surface area contributed by atoms with E-state index in [0.717, 1.165) is 24.0 Å². The summed E-state index contributed by atoms with van der Waals surface area (Å²) in [4.78, 5) is 23.0. The minimum atomic E-state index is -0.127. The van der Waals surface area contributed by atoms with Crippen molar-refractivity contribution < 1.29 is 18.7 Å². The highest BCUT2D eigenvalue weighted by Gasteiger charge is 2.28. The molecular formula is C20H21N3O4. The number of rotatable bonds is 4. The zero-order chi connectivity index (χ0) is 18.8. The number of carbonyl (C=O) groups is 1. The molecule has 3 aromatic rings. The summed E-state index contributed by atoms with van der Waals surface area (Å²) in [5.41, 5.74) is 0.667. The number of nitrogens with zero attached hydrogens (tertiary/aromatic N) is 3. The third-order valence-electron chi connectivity index (χ3n) is 4.64. The van der Waals surface area contributed by atoms with Gasteiger partial charge in [-0.3, -0.25) is 4.79 Å². The van der Waals surface area contributed by atoms with Gasteiger partial charge in [-0.05, 0) is 44.0 Å². The smallest absolute Gasteiger partial charge is 0.289 e. The molecule has 3 heterocycles. The monoisotopic (exact) mass is 367 g/mol. The van der Waals surface area contributed by atoms with Crippen molar-refractivity contribution in [1.82, 2.24) is 14.9 Å². The summed E-state index contributed by atoms with van der Waals surface area (Å²) in [5, 5.41) is 0.846. The lowest BCUT2D eigenvalue weighted by Gasteiger charge is -2.32. The number of aryl methyl sites for hydroxylation is 1. The highest BCUT2D eigenvalue weighted by Crippen LogP contribution is 2.26. The van der Waals surface area contributed by atoms with Crippen LogP contribution in [0.4, 0.5) is 0 Å². The molecule has 1 amide bonds. The van der Waals surface area contributed by atoms with E-state index in [1.54, 1.807) is 30.3 Å². The first-order chi connectivity index (χ1) is 13.1. The summed E-state index contributed by atoms with van der Waals surface area (Å²) in [5.74, 6) is 2.13. The molecule has 1 aromatic carbocycles. The maximum Gasteiger partial charge on any atom is 0.289 e. The van der Waals surface area contributed by atoms with Gasteiger partial charge in [0.2, 0.25) is 5.88 Å². The van der Waals surface area contributed by atoms with E-state index in [0.29, 0.717) is 36.1 Å². The Morgan fingerprint density at radius 3 is 3.00 bits per heavy atom. The first kappa shape index (κ1) is 17.3. The Kier molecular flexibility index (Phi) is 4.66. The third-order valence-corrected chi connectivity index (χ3v) is 4.64. The van der Waals surface area contributed by atoms with Crippen LogP contribution in [0.5, 0.6) is 11.6 Å². The van der Waals surface area contributed by atoms with E-state index in [2.05, 4.69) is 9.97 Å². The lowest BCUT2D eigenvalue weighted by atomic mass is 10.1. The predicted molar refractivity (Wildman–Crippen MR) is 99.1 cm³/mol. The van der Waals surface area contributed by atoms with Gasteiger partial charge in [0.05, 0.1) is 13.7 Å². The quantitative estimate of drug-likeness (QED) is 0.705. The number of hydrogen-bond acceptors (Lipinski definition) is 6. The summed E-state index contributed by atoms with van der Waals surface area (Å²) in [6.45, 7) is 3.00. The average molecular weight is 367 g/mol. The van der Waals surface area contributed by atoms with Gasteiger partial charge in [0.1, 0.15) is 23.3 Å². The SMILES string of the molecule is COc1ccc2oc(C(=O)N3CCCC(Oc4ccnc(C)n4)C3)cc2c1. The fourth-order valence-corrected chi connectivity index (χ4v) is 3.30. The molecule has 27 heavy (non-hydrogen) atoms. The number of fused-ring (bicyclic) bond motifs is 1. The van der Waals surface area contributed by atoms with Gasteiger partial charge in [0.25, 0.3) is 5.91 Å². The Balaban J connectivity index is 1.48. The largest absolute Gasteiger partial charge is 0.497 e. The Bertz CT molecular complexity index is 969. The molecule has 1 aliphatic heterocycles. The molecular weight excluding hydrogens is 346 g/mol. The number of amides is 1. The normalized spacial score (nSPS) is 17.1. The van der Waals surface area contributed by atoms with Crippen LogP contribution in [0.3, 0.4) is 0 Å². The Labute approximate surface area is 156 Å². The van der Waals surface area contributed by atoms with Crippen LogP contribution in [0.15, 0.2) is 40.9 Å². The number of aromatic nitrogens is 2. The fraction of sp³-hybridized carbons (Fsp3) is 0.350. The first-order valence-corrected chi connectivity index (χ1v) is 8.95.